The fourth-order valence-corrected chi connectivity index (χ4v) is 2.18. The van der Waals surface area contributed by atoms with Crippen molar-refractivity contribution in [1.82, 2.24) is 0 Å². The molecular formula is C19H16ClN3O3. The van der Waals surface area contributed by atoms with Gasteiger partial charge in [0.15, 0.2) is 0 Å². The molecule has 7 heteroatoms. The molecule has 2 N–H and O–H groups in total. The van der Waals surface area contributed by atoms with Gasteiger partial charge in [-0.05, 0) is 49.4 Å². The summed E-state index contributed by atoms with van der Waals surface area (Å²) in [5.41, 5.74) is 1.41. The smallest absolute Gasteiger partial charge is 0.338 e. The average Bonchev–Trinajstić information content (AvgIpc) is 2.63. The highest BCUT2D eigenvalue weighted by Crippen LogP contribution is 2.16. The molecule has 6 nitrogen and oxygen atoms in total. The number of rotatable bonds is 6. The van der Waals surface area contributed by atoms with Gasteiger partial charge in [-0.3, -0.25) is 4.79 Å². The van der Waals surface area contributed by atoms with Crippen molar-refractivity contribution in [1.29, 1.82) is 5.26 Å². The number of hydrogen-bond donors (Lipinski definition) is 2. The number of ether oxygens (including phenoxy) is 1. The molecule has 2 aromatic carbocycles. The summed E-state index contributed by atoms with van der Waals surface area (Å²) in [5, 5.41) is 15.1. The van der Waals surface area contributed by atoms with Gasteiger partial charge in [-0.15, -0.1) is 0 Å². The Labute approximate surface area is 156 Å². The Morgan fingerprint density at radius 3 is 2.54 bits per heavy atom. The van der Waals surface area contributed by atoms with Crippen LogP contribution in [0.5, 0.6) is 0 Å². The van der Waals surface area contributed by atoms with Crippen LogP contribution < -0.4 is 10.6 Å². The van der Waals surface area contributed by atoms with E-state index in [1.165, 1.54) is 6.20 Å². The summed E-state index contributed by atoms with van der Waals surface area (Å²) in [4.78, 5) is 23.7. The first-order chi connectivity index (χ1) is 12.5. The molecule has 0 radical (unpaired) electrons. The average molecular weight is 370 g/mol. The van der Waals surface area contributed by atoms with Crippen LogP contribution in [0.2, 0.25) is 5.02 Å². The van der Waals surface area contributed by atoms with E-state index >= 15 is 0 Å². The fourth-order valence-electron chi connectivity index (χ4n) is 1.99. The van der Waals surface area contributed by atoms with Crippen molar-refractivity contribution >= 4 is 34.9 Å². The number of halogens is 1. The van der Waals surface area contributed by atoms with Crippen molar-refractivity contribution in [3.8, 4) is 6.07 Å². The first kappa shape index (κ1) is 19.0. The number of anilines is 2. The van der Waals surface area contributed by atoms with Crippen LogP contribution in [0.3, 0.4) is 0 Å². The number of nitrogens with zero attached hydrogens (tertiary/aromatic N) is 1. The summed E-state index contributed by atoms with van der Waals surface area (Å²) in [7, 11) is 0. The number of hydrogen-bond acceptors (Lipinski definition) is 5. The van der Waals surface area contributed by atoms with Crippen LogP contribution in [-0.4, -0.2) is 18.5 Å². The zero-order chi connectivity index (χ0) is 18.9. The van der Waals surface area contributed by atoms with Crippen LogP contribution in [0.15, 0.2) is 60.3 Å². The Bertz CT molecular complexity index is 870. The molecule has 0 saturated carbocycles. The Hall–Kier alpha value is -3.30. The maximum absolute atomic E-state index is 12.1. The largest absolute Gasteiger partial charge is 0.462 e. The minimum Gasteiger partial charge on any atom is -0.462 e. The minimum atomic E-state index is -0.564. The molecule has 0 saturated heterocycles. The first-order valence-electron chi connectivity index (χ1n) is 7.74. The van der Waals surface area contributed by atoms with Gasteiger partial charge in [0.25, 0.3) is 5.91 Å². The van der Waals surface area contributed by atoms with Gasteiger partial charge in [-0.25, -0.2) is 4.79 Å². The zero-order valence-electron chi connectivity index (χ0n) is 14.0. The second kappa shape index (κ2) is 9.25. The van der Waals surface area contributed by atoms with E-state index in [4.69, 9.17) is 16.3 Å². The zero-order valence-corrected chi connectivity index (χ0v) is 14.7. The predicted octanol–water partition coefficient (Wildman–Crippen LogP) is 3.97. The van der Waals surface area contributed by atoms with Crippen molar-refractivity contribution in [2.75, 3.05) is 17.2 Å². The molecule has 0 bridgehead atoms. The molecule has 0 heterocycles. The van der Waals surface area contributed by atoms with Gasteiger partial charge >= 0.3 is 5.97 Å². The molecule has 0 atom stereocenters. The molecule has 26 heavy (non-hydrogen) atoms. The van der Waals surface area contributed by atoms with Gasteiger partial charge in [0, 0.05) is 22.6 Å². The summed E-state index contributed by atoms with van der Waals surface area (Å²) in [6, 6.07) is 14.9. The number of nitriles is 1. The van der Waals surface area contributed by atoms with Crippen molar-refractivity contribution in [3.63, 3.8) is 0 Å². The summed E-state index contributed by atoms with van der Waals surface area (Å²) in [5.74, 6) is -0.974. The molecule has 2 rings (SSSR count). The van der Waals surface area contributed by atoms with Gasteiger partial charge in [0.1, 0.15) is 11.6 Å². The first-order valence-corrected chi connectivity index (χ1v) is 8.12. The van der Waals surface area contributed by atoms with Crippen molar-refractivity contribution in [2.24, 2.45) is 0 Å². The molecule has 2 aromatic rings. The highest BCUT2D eigenvalue weighted by atomic mass is 35.5. The lowest BCUT2D eigenvalue weighted by atomic mass is 10.2. The van der Waals surface area contributed by atoms with E-state index in [0.29, 0.717) is 28.6 Å². The van der Waals surface area contributed by atoms with Crippen LogP contribution in [0.1, 0.15) is 17.3 Å². The van der Waals surface area contributed by atoms with E-state index in [1.807, 2.05) is 6.07 Å². The molecule has 0 aliphatic rings. The van der Waals surface area contributed by atoms with Gasteiger partial charge < -0.3 is 15.4 Å². The van der Waals surface area contributed by atoms with E-state index in [0.717, 1.165) is 0 Å². The van der Waals surface area contributed by atoms with Gasteiger partial charge in [-0.1, -0.05) is 17.7 Å². The lowest BCUT2D eigenvalue weighted by Gasteiger charge is -2.06. The Balaban J connectivity index is 2.03. The van der Waals surface area contributed by atoms with E-state index in [1.54, 1.807) is 55.5 Å². The van der Waals surface area contributed by atoms with Crippen LogP contribution >= 0.6 is 11.6 Å². The number of carbonyl (C=O) groups is 2. The summed E-state index contributed by atoms with van der Waals surface area (Å²) in [6.45, 7) is 2.03. The van der Waals surface area contributed by atoms with E-state index in [2.05, 4.69) is 10.6 Å². The summed E-state index contributed by atoms with van der Waals surface area (Å²) < 4.78 is 4.90. The molecule has 1 amide bonds. The maximum atomic E-state index is 12.1. The minimum absolute atomic E-state index is 0.112. The third-order valence-electron chi connectivity index (χ3n) is 3.23. The maximum Gasteiger partial charge on any atom is 0.338 e. The third kappa shape index (κ3) is 5.36. The molecule has 0 spiro atoms. The Morgan fingerprint density at radius 2 is 1.92 bits per heavy atom. The second-order valence-electron chi connectivity index (χ2n) is 5.08. The Morgan fingerprint density at radius 1 is 1.19 bits per heavy atom. The lowest BCUT2D eigenvalue weighted by molar-refractivity contribution is -0.112. The molecule has 0 aliphatic carbocycles. The molecule has 0 fully saturated rings. The SMILES string of the molecule is CCOC(=O)c1ccc(NC=C(C#N)C(=O)Nc2cccc(Cl)c2)cc1. The highest BCUT2D eigenvalue weighted by Gasteiger charge is 2.10. The lowest BCUT2D eigenvalue weighted by Crippen LogP contribution is -2.14. The van der Waals surface area contributed by atoms with Gasteiger partial charge in [0.05, 0.1) is 12.2 Å². The van der Waals surface area contributed by atoms with Crippen molar-refractivity contribution in [3.05, 3.63) is 70.9 Å². The van der Waals surface area contributed by atoms with Crippen LogP contribution in [0.4, 0.5) is 11.4 Å². The molecule has 132 valence electrons. The van der Waals surface area contributed by atoms with Crippen LogP contribution in [0, 0.1) is 11.3 Å². The van der Waals surface area contributed by atoms with Crippen molar-refractivity contribution in [2.45, 2.75) is 6.92 Å². The number of amides is 1. The molecular weight excluding hydrogens is 354 g/mol. The number of esters is 1. The standard InChI is InChI=1S/C19H16ClN3O3/c1-2-26-19(25)13-6-8-16(9-7-13)22-12-14(11-21)18(24)23-17-5-3-4-15(20)10-17/h3-10,12,22H,2H2,1H3,(H,23,24). The third-order valence-corrected chi connectivity index (χ3v) is 3.46. The normalized spacial score (nSPS) is 10.6. The van der Waals surface area contributed by atoms with Crippen LogP contribution in [-0.2, 0) is 9.53 Å². The van der Waals surface area contributed by atoms with E-state index in [-0.39, 0.29) is 5.57 Å². The fraction of sp³-hybridized carbons (Fsp3) is 0.105. The Kier molecular flexibility index (Phi) is 6.77. The van der Waals surface area contributed by atoms with Gasteiger partial charge in [0.2, 0.25) is 0 Å². The summed E-state index contributed by atoms with van der Waals surface area (Å²) in [6.07, 6.45) is 1.29. The monoisotopic (exact) mass is 369 g/mol. The molecule has 0 aliphatic heterocycles. The summed E-state index contributed by atoms with van der Waals surface area (Å²) >= 11 is 5.86. The molecule has 0 aromatic heterocycles. The highest BCUT2D eigenvalue weighted by molar-refractivity contribution is 6.31. The predicted molar refractivity (Wildman–Crippen MR) is 99.8 cm³/mol. The van der Waals surface area contributed by atoms with E-state index in [9.17, 15) is 14.9 Å². The number of nitrogens with one attached hydrogen (secondary N) is 2. The quantitative estimate of drug-likeness (QED) is 0.456. The van der Waals surface area contributed by atoms with Crippen molar-refractivity contribution < 1.29 is 14.3 Å². The van der Waals surface area contributed by atoms with Gasteiger partial charge in [-0.2, -0.15) is 5.26 Å². The number of carbonyl (C=O) groups excluding carboxylic acids is 2. The number of benzene rings is 2. The molecule has 0 unspecified atom stereocenters. The van der Waals surface area contributed by atoms with Crippen LogP contribution in [0.25, 0.3) is 0 Å². The second-order valence-corrected chi connectivity index (χ2v) is 5.51. The topological polar surface area (TPSA) is 91.2 Å². The van der Waals surface area contributed by atoms with E-state index < -0.39 is 11.9 Å².